The Hall–Kier alpha value is -2.82. The zero-order valence-electron chi connectivity index (χ0n) is 15.9. The molecule has 1 aliphatic heterocycles. The van der Waals surface area contributed by atoms with Gasteiger partial charge in [0.2, 0.25) is 5.91 Å². The van der Waals surface area contributed by atoms with Crippen LogP contribution in [0.2, 0.25) is 0 Å². The van der Waals surface area contributed by atoms with Gasteiger partial charge in [0.15, 0.2) is 0 Å². The van der Waals surface area contributed by atoms with E-state index in [1.54, 1.807) is 9.80 Å². The zero-order chi connectivity index (χ0) is 19.0. The Kier molecular flexibility index (Phi) is 4.60. The number of carbonyl (C=O) groups excluding carboxylic acids is 2. The molecule has 2 aromatic rings. The molecular formula is C22H25N3O2. The van der Waals surface area contributed by atoms with E-state index in [1.807, 2.05) is 38.1 Å². The first kappa shape index (κ1) is 17.6. The maximum Gasteiger partial charge on any atom is 0.318 e. The van der Waals surface area contributed by atoms with Crippen LogP contribution in [0, 0.1) is 13.8 Å². The van der Waals surface area contributed by atoms with Crippen molar-refractivity contribution < 1.29 is 9.59 Å². The molecule has 1 N–H and O–H groups in total. The lowest BCUT2D eigenvalue weighted by molar-refractivity contribution is -0.120. The first-order valence-corrected chi connectivity index (χ1v) is 9.53. The van der Waals surface area contributed by atoms with Crippen molar-refractivity contribution in [2.75, 3.05) is 24.5 Å². The SMILES string of the molecule is Cc1cc(C)cc(N2CCN(C(=O)N[C@@H]3CCc4ccccc43)CC2=O)c1. The molecule has 2 aliphatic rings. The molecule has 5 heteroatoms. The summed E-state index contributed by atoms with van der Waals surface area (Å²) in [4.78, 5) is 28.8. The van der Waals surface area contributed by atoms with Crippen LogP contribution in [-0.2, 0) is 11.2 Å². The van der Waals surface area contributed by atoms with Crippen LogP contribution in [0.1, 0.15) is 34.7 Å². The zero-order valence-corrected chi connectivity index (χ0v) is 15.9. The molecule has 0 spiro atoms. The molecule has 3 amide bonds. The number of benzene rings is 2. The van der Waals surface area contributed by atoms with E-state index >= 15 is 0 Å². The van der Waals surface area contributed by atoms with Gasteiger partial charge in [-0.1, -0.05) is 30.3 Å². The number of anilines is 1. The van der Waals surface area contributed by atoms with Crippen LogP contribution < -0.4 is 10.2 Å². The van der Waals surface area contributed by atoms with E-state index in [0.29, 0.717) is 13.1 Å². The van der Waals surface area contributed by atoms with Crippen molar-refractivity contribution in [3.05, 3.63) is 64.7 Å². The lowest BCUT2D eigenvalue weighted by Gasteiger charge is -2.35. The monoisotopic (exact) mass is 363 g/mol. The number of aryl methyl sites for hydroxylation is 3. The third-order valence-corrected chi connectivity index (χ3v) is 5.46. The van der Waals surface area contributed by atoms with Gasteiger partial charge in [0.25, 0.3) is 0 Å². The summed E-state index contributed by atoms with van der Waals surface area (Å²) in [6, 6.07) is 14.3. The summed E-state index contributed by atoms with van der Waals surface area (Å²) >= 11 is 0. The first-order chi connectivity index (χ1) is 13.0. The molecule has 0 aromatic heterocycles. The normalized spacial score (nSPS) is 19.2. The predicted molar refractivity (Wildman–Crippen MR) is 106 cm³/mol. The summed E-state index contributed by atoms with van der Waals surface area (Å²) in [5.41, 5.74) is 5.70. The van der Waals surface area contributed by atoms with Gasteiger partial charge in [-0.25, -0.2) is 4.79 Å². The molecular weight excluding hydrogens is 338 g/mol. The quantitative estimate of drug-likeness (QED) is 0.890. The van der Waals surface area contributed by atoms with E-state index in [9.17, 15) is 9.59 Å². The summed E-state index contributed by atoms with van der Waals surface area (Å²) in [5.74, 6) is -0.0341. The fourth-order valence-electron chi connectivity index (χ4n) is 4.17. The third-order valence-electron chi connectivity index (χ3n) is 5.46. The van der Waals surface area contributed by atoms with E-state index in [-0.39, 0.29) is 24.5 Å². The number of rotatable bonds is 2. The van der Waals surface area contributed by atoms with Crippen LogP contribution in [0.4, 0.5) is 10.5 Å². The average molecular weight is 363 g/mol. The molecule has 27 heavy (non-hydrogen) atoms. The summed E-state index contributed by atoms with van der Waals surface area (Å²) in [5, 5.41) is 3.11. The van der Waals surface area contributed by atoms with E-state index in [0.717, 1.165) is 29.7 Å². The van der Waals surface area contributed by atoms with E-state index < -0.39 is 0 Å². The number of carbonyl (C=O) groups is 2. The van der Waals surface area contributed by atoms with Crippen molar-refractivity contribution in [3.63, 3.8) is 0 Å². The second-order valence-corrected chi connectivity index (χ2v) is 7.55. The minimum Gasteiger partial charge on any atom is -0.331 e. The molecule has 2 aromatic carbocycles. The Bertz CT molecular complexity index is 873. The minimum absolute atomic E-state index is 0.0341. The van der Waals surface area contributed by atoms with Gasteiger partial charge < -0.3 is 15.1 Å². The molecule has 1 saturated heterocycles. The number of fused-ring (bicyclic) bond motifs is 1. The second-order valence-electron chi connectivity index (χ2n) is 7.55. The highest BCUT2D eigenvalue weighted by Gasteiger charge is 2.31. The van der Waals surface area contributed by atoms with E-state index in [4.69, 9.17) is 0 Å². The molecule has 140 valence electrons. The number of amides is 3. The lowest BCUT2D eigenvalue weighted by atomic mass is 10.1. The highest BCUT2D eigenvalue weighted by atomic mass is 16.2. The van der Waals surface area contributed by atoms with Crippen LogP contribution in [0.3, 0.4) is 0 Å². The Morgan fingerprint density at radius 3 is 2.56 bits per heavy atom. The van der Waals surface area contributed by atoms with Gasteiger partial charge in [-0.15, -0.1) is 0 Å². The van der Waals surface area contributed by atoms with Gasteiger partial charge in [-0.05, 0) is 61.1 Å². The van der Waals surface area contributed by atoms with Gasteiger partial charge in [0.05, 0.1) is 6.04 Å². The third kappa shape index (κ3) is 3.54. The van der Waals surface area contributed by atoms with E-state index in [1.165, 1.54) is 11.1 Å². The number of urea groups is 1. The molecule has 5 nitrogen and oxygen atoms in total. The summed E-state index contributed by atoms with van der Waals surface area (Å²) in [6.07, 6.45) is 1.90. The van der Waals surface area contributed by atoms with Crippen molar-refractivity contribution in [3.8, 4) is 0 Å². The van der Waals surface area contributed by atoms with Gasteiger partial charge in [0.1, 0.15) is 6.54 Å². The number of nitrogens with zero attached hydrogens (tertiary/aromatic N) is 2. The standard InChI is InChI=1S/C22H25N3O2/c1-15-11-16(2)13-18(12-15)25-10-9-24(14-21(25)26)22(27)23-20-8-7-17-5-3-4-6-19(17)20/h3-6,11-13,20H,7-10,14H2,1-2H3,(H,23,27)/t20-/m1/s1. The molecule has 1 atom stereocenters. The van der Waals surface area contributed by atoms with Gasteiger partial charge >= 0.3 is 6.03 Å². The topological polar surface area (TPSA) is 52.6 Å². The predicted octanol–water partition coefficient (Wildman–Crippen LogP) is 3.35. The first-order valence-electron chi connectivity index (χ1n) is 9.53. The largest absolute Gasteiger partial charge is 0.331 e. The second kappa shape index (κ2) is 7.06. The molecule has 0 radical (unpaired) electrons. The fraction of sp³-hybridized carbons (Fsp3) is 0.364. The highest BCUT2D eigenvalue weighted by molar-refractivity contribution is 5.98. The number of hydrogen-bond donors (Lipinski definition) is 1. The van der Waals surface area contributed by atoms with Crippen LogP contribution in [0.5, 0.6) is 0 Å². The highest BCUT2D eigenvalue weighted by Crippen LogP contribution is 2.31. The van der Waals surface area contributed by atoms with Crippen LogP contribution in [0.15, 0.2) is 42.5 Å². The maximum atomic E-state index is 12.7. The van der Waals surface area contributed by atoms with Crippen molar-refractivity contribution in [1.82, 2.24) is 10.2 Å². The number of nitrogens with one attached hydrogen (secondary N) is 1. The van der Waals surface area contributed by atoms with Gasteiger partial charge in [0, 0.05) is 18.8 Å². The number of hydrogen-bond acceptors (Lipinski definition) is 2. The van der Waals surface area contributed by atoms with Crippen molar-refractivity contribution in [1.29, 1.82) is 0 Å². The number of piperazine rings is 1. The molecule has 0 saturated carbocycles. The molecule has 1 heterocycles. The average Bonchev–Trinajstić information content (AvgIpc) is 3.04. The molecule has 0 unspecified atom stereocenters. The Morgan fingerprint density at radius 2 is 1.81 bits per heavy atom. The molecule has 4 rings (SSSR count). The van der Waals surface area contributed by atoms with Crippen molar-refractivity contribution >= 4 is 17.6 Å². The molecule has 1 aliphatic carbocycles. The molecule has 0 bridgehead atoms. The Morgan fingerprint density at radius 1 is 1.07 bits per heavy atom. The molecule has 1 fully saturated rings. The summed E-state index contributed by atoms with van der Waals surface area (Å²) in [7, 11) is 0. The fourth-order valence-corrected chi connectivity index (χ4v) is 4.17. The van der Waals surface area contributed by atoms with Crippen LogP contribution in [0.25, 0.3) is 0 Å². The van der Waals surface area contributed by atoms with Crippen molar-refractivity contribution in [2.24, 2.45) is 0 Å². The minimum atomic E-state index is -0.148. The van der Waals surface area contributed by atoms with Crippen LogP contribution >= 0.6 is 0 Å². The summed E-state index contributed by atoms with van der Waals surface area (Å²) < 4.78 is 0. The smallest absolute Gasteiger partial charge is 0.318 e. The lowest BCUT2D eigenvalue weighted by Crippen LogP contribution is -2.55. The van der Waals surface area contributed by atoms with Gasteiger partial charge in [-0.3, -0.25) is 4.79 Å². The maximum absolute atomic E-state index is 12.7. The van der Waals surface area contributed by atoms with Gasteiger partial charge in [-0.2, -0.15) is 0 Å². The summed E-state index contributed by atoms with van der Waals surface area (Å²) in [6.45, 7) is 5.25. The Balaban J connectivity index is 1.41. The Labute approximate surface area is 160 Å². The van der Waals surface area contributed by atoms with E-state index in [2.05, 4.69) is 23.5 Å². The van der Waals surface area contributed by atoms with Crippen LogP contribution in [-0.4, -0.2) is 36.5 Å². The van der Waals surface area contributed by atoms with Crippen molar-refractivity contribution in [2.45, 2.75) is 32.7 Å².